The molecule has 1 saturated heterocycles. The van der Waals surface area contributed by atoms with Gasteiger partial charge in [0.15, 0.2) is 5.96 Å². The molecule has 1 aliphatic heterocycles. The predicted molar refractivity (Wildman–Crippen MR) is 95.8 cm³/mol. The van der Waals surface area contributed by atoms with Crippen LogP contribution in [0, 0.1) is 0 Å². The minimum absolute atomic E-state index is 0.0137. The van der Waals surface area contributed by atoms with Gasteiger partial charge < -0.3 is 15.4 Å². The molecule has 0 radical (unpaired) electrons. The maximum atomic E-state index is 12.2. The van der Waals surface area contributed by atoms with E-state index in [2.05, 4.69) is 15.6 Å². The number of nitrogens with one attached hydrogen (secondary N) is 2. The van der Waals surface area contributed by atoms with Gasteiger partial charge >= 0.3 is 0 Å². The van der Waals surface area contributed by atoms with Crippen molar-refractivity contribution in [2.24, 2.45) is 4.99 Å². The summed E-state index contributed by atoms with van der Waals surface area (Å²) in [5, 5.41) is 6.81. The highest BCUT2D eigenvalue weighted by Crippen LogP contribution is 2.14. The quantitative estimate of drug-likeness (QED) is 0.564. The SMILES string of the molecule is CN=C(NCCS(=O)(=O)N1CCOCC1)NCc1ccccc1Cl. The van der Waals surface area contributed by atoms with Crippen molar-refractivity contribution in [2.45, 2.75) is 6.54 Å². The molecule has 0 bridgehead atoms. The molecule has 2 rings (SSSR count). The maximum absolute atomic E-state index is 12.2. The minimum Gasteiger partial charge on any atom is -0.379 e. The summed E-state index contributed by atoms with van der Waals surface area (Å²) in [6.45, 7) is 2.53. The second kappa shape index (κ2) is 9.22. The van der Waals surface area contributed by atoms with Crippen molar-refractivity contribution in [3.8, 4) is 0 Å². The van der Waals surface area contributed by atoms with Gasteiger partial charge in [0.2, 0.25) is 10.0 Å². The van der Waals surface area contributed by atoms with Gasteiger partial charge in [-0.25, -0.2) is 8.42 Å². The minimum atomic E-state index is -3.27. The van der Waals surface area contributed by atoms with Crippen LogP contribution in [0.1, 0.15) is 5.56 Å². The van der Waals surface area contributed by atoms with Gasteiger partial charge in [0.05, 0.1) is 19.0 Å². The van der Waals surface area contributed by atoms with Crippen molar-refractivity contribution in [3.63, 3.8) is 0 Å². The standard InChI is InChI=1S/C15H23ClN4O3S/c1-17-15(19-12-13-4-2-3-5-14(13)16)18-6-11-24(21,22)20-7-9-23-10-8-20/h2-5H,6-12H2,1H3,(H2,17,18,19). The Labute approximate surface area is 148 Å². The number of hydrogen-bond acceptors (Lipinski definition) is 4. The highest BCUT2D eigenvalue weighted by Gasteiger charge is 2.23. The summed E-state index contributed by atoms with van der Waals surface area (Å²) in [5.41, 5.74) is 0.947. The molecule has 0 aromatic heterocycles. The second-order valence-corrected chi connectivity index (χ2v) is 7.77. The van der Waals surface area contributed by atoms with Crippen molar-refractivity contribution in [1.82, 2.24) is 14.9 Å². The molecular weight excluding hydrogens is 352 g/mol. The van der Waals surface area contributed by atoms with E-state index in [1.807, 2.05) is 24.3 Å². The molecule has 2 N–H and O–H groups in total. The third kappa shape index (κ3) is 5.62. The largest absolute Gasteiger partial charge is 0.379 e. The predicted octanol–water partition coefficient (Wildman–Crippen LogP) is 0.667. The van der Waals surface area contributed by atoms with Crippen LogP contribution in [0.3, 0.4) is 0 Å². The number of halogens is 1. The highest BCUT2D eigenvalue weighted by atomic mass is 35.5. The third-order valence-electron chi connectivity index (χ3n) is 3.64. The first-order valence-electron chi connectivity index (χ1n) is 7.76. The Morgan fingerprint density at radius 2 is 2.00 bits per heavy atom. The molecule has 0 unspecified atom stereocenters. The summed E-state index contributed by atoms with van der Waals surface area (Å²) < 4.78 is 31.1. The molecule has 134 valence electrons. The normalized spacial score (nSPS) is 16.8. The van der Waals surface area contributed by atoms with Gasteiger partial charge in [-0.05, 0) is 11.6 Å². The topological polar surface area (TPSA) is 83.0 Å². The number of aliphatic imine (C=N–C) groups is 1. The van der Waals surface area contributed by atoms with Crippen LogP contribution in [0.15, 0.2) is 29.3 Å². The van der Waals surface area contributed by atoms with Crippen molar-refractivity contribution in [1.29, 1.82) is 0 Å². The fourth-order valence-corrected chi connectivity index (χ4v) is 3.82. The number of benzene rings is 1. The zero-order valence-corrected chi connectivity index (χ0v) is 15.2. The Hall–Kier alpha value is -1.35. The van der Waals surface area contributed by atoms with Crippen LogP contribution in [0.4, 0.5) is 0 Å². The van der Waals surface area contributed by atoms with Crippen LogP contribution >= 0.6 is 11.6 Å². The average molecular weight is 375 g/mol. The Morgan fingerprint density at radius 1 is 1.29 bits per heavy atom. The molecular formula is C15H23ClN4O3S. The fourth-order valence-electron chi connectivity index (χ4n) is 2.29. The lowest BCUT2D eigenvalue weighted by atomic mass is 10.2. The van der Waals surface area contributed by atoms with Gasteiger partial charge in [-0.2, -0.15) is 4.31 Å². The first-order chi connectivity index (χ1) is 11.5. The Bertz CT molecular complexity index is 660. The monoisotopic (exact) mass is 374 g/mol. The Morgan fingerprint density at radius 3 is 2.67 bits per heavy atom. The first-order valence-corrected chi connectivity index (χ1v) is 9.75. The summed E-state index contributed by atoms with van der Waals surface area (Å²) in [7, 11) is -1.64. The fraction of sp³-hybridized carbons (Fsp3) is 0.533. The molecule has 0 amide bonds. The molecule has 1 aromatic rings. The number of ether oxygens (including phenoxy) is 1. The van der Waals surface area contributed by atoms with E-state index in [1.165, 1.54) is 4.31 Å². The van der Waals surface area contributed by atoms with Crippen LogP contribution in [-0.4, -0.2) is 64.3 Å². The molecule has 24 heavy (non-hydrogen) atoms. The average Bonchev–Trinajstić information content (AvgIpc) is 2.60. The summed E-state index contributed by atoms with van der Waals surface area (Å²) >= 11 is 6.11. The molecule has 9 heteroatoms. The van der Waals surface area contributed by atoms with Gasteiger partial charge in [-0.3, -0.25) is 4.99 Å². The number of nitrogens with zero attached hydrogens (tertiary/aromatic N) is 2. The van der Waals surface area contributed by atoms with Crippen LogP contribution in [0.25, 0.3) is 0 Å². The Kier molecular flexibility index (Phi) is 7.29. The van der Waals surface area contributed by atoms with E-state index in [0.717, 1.165) is 5.56 Å². The Balaban J connectivity index is 1.78. The maximum Gasteiger partial charge on any atom is 0.215 e. The number of morpholine rings is 1. The first kappa shape index (κ1) is 19.0. The number of hydrogen-bond donors (Lipinski definition) is 2. The molecule has 0 atom stereocenters. The second-order valence-electron chi connectivity index (χ2n) is 5.27. The zero-order chi connectivity index (χ0) is 17.4. The smallest absolute Gasteiger partial charge is 0.215 e. The van der Waals surface area contributed by atoms with E-state index in [1.54, 1.807) is 7.05 Å². The van der Waals surface area contributed by atoms with Crippen molar-refractivity contribution in [2.75, 3.05) is 45.6 Å². The summed E-state index contributed by atoms with van der Waals surface area (Å²) in [6.07, 6.45) is 0. The van der Waals surface area contributed by atoms with Crippen LogP contribution in [0.5, 0.6) is 0 Å². The molecule has 1 fully saturated rings. The van der Waals surface area contributed by atoms with Crippen LogP contribution in [0.2, 0.25) is 5.02 Å². The molecule has 1 aliphatic rings. The van der Waals surface area contributed by atoms with Gasteiger partial charge in [-0.15, -0.1) is 0 Å². The lowest BCUT2D eigenvalue weighted by molar-refractivity contribution is 0.0730. The van der Waals surface area contributed by atoms with E-state index in [-0.39, 0.29) is 12.3 Å². The van der Waals surface area contributed by atoms with E-state index >= 15 is 0 Å². The van der Waals surface area contributed by atoms with Gasteiger partial charge in [0, 0.05) is 38.2 Å². The molecule has 0 aliphatic carbocycles. The van der Waals surface area contributed by atoms with Crippen molar-refractivity contribution in [3.05, 3.63) is 34.9 Å². The lowest BCUT2D eigenvalue weighted by Crippen LogP contribution is -2.45. The number of sulfonamides is 1. The molecule has 1 heterocycles. The summed E-state index contributed by atoms with van der Waals surface area (Å²) in [4.78, 5) is 4.09. The van der Waals surface area contributed by atoms with Crippen molar-refractivity contribution < 1.29 is 13.2 Å². The number of rotatable bonds is 6. The lowest BCUT2D eigenvalue weighted by Gasteiger charge is -2.26. The number of guanidine groups is 1. The molecule has 7 nitrogen and oxygen atoms in total. The van der Waals surface area contributed by atoms with Gasteiger partial charge in [0.25, 0.3) is 0 Å². The van der Waals surface area contributed by atoms with E-state index in [9.17, 15) is 8.42 Å². The van der Waals surface area contributed by atoms with E-state index in [4.69, 9.17) is 16.3 Å². The summed E-state index contributed by atoms with van der Waals surface area (Å²) in [6, 6.07) is 7.53. The molecule has 0 saturated carbocycles. The highest BCUT2D eigenvalue weighted by molar-refractivity contribution is 7.89. The van der Waals surface area contributed by atoms with Gasteiger partial charge in [-0.1, -0.05) is 29.8 Å². The van der Waals surface area contributed by atoms with Crippen LogP contribution < -0.4 is 10.6 Å². The van der Waals surface area contributed by atoms with Crippen molar-refractivity contribution >= 4 is 27.6 Å². The molecule has 0 spiro atoms. The van der Waals surface area contributed by atoms with E-state index in [0.29, 0.717) is 43.8 Å². The van der Waals surface area contributed by atoms with Gasteiger partial charge in [0.1, 0.15) is 0 Å². The third-order valence-corrected chi connectivity index (χ3v) is 5.88. The summed E-state index contributed by atoms with van der Waals surface area (Å²) in [5.74, 6) is 0.548. The van der Waals surface area contributed by atoms with E-state index < -0.39 is 10.0 Å². The van der Waals surface area contributed by atoms with Crippen LogP contribution in [-0.2, 0) is 21.3 Å². The molecule has 1 aromatic carbocycles. The zero-order valence-electron chi connectivity index (χ0n) is 13.7.